The first-order valence-electron chi connectivity index (χ1n) is 11.7. The summed E-state index contributed by atoms with van der Waals surface area (Å²) in [5.41, 5.74) is 3.64. The molecule has 1 aromatic carbocycles. The number of carbonyl (C=O) groups is 1. The van der Waals surface area contributed by atoms with E-state index in [1.807, 2.05) is 29.2 Å². The Morgan fingerprint density at radius 3 is 2.85 bits per heavy atom. The van der Waals surface area contributed by atoms with Crippen molar-refractivity contribution in [2.24, 2.45) is 0 Å². The molecular weight excluding hydrogens is 446 g/mol. The van der Waals surface area contributed by atoms with E-state index < -0.39 is 6.43 Å². The summed E-state index contributed by atoms with van der Waals surface area (Å²) in [7, 11) is 0. The summed E-state index contributed by atoms with van der Waals surface area (Å²) in [4.78, 5) is 19.9. The van der Waals surface area contributed by atoms with Crippen molar-refractivity contribution in [3.8, 4) is 0 Å². The SMILES string of the molecule is O=C(c1cnccc1C1CCCNC1)N(Cc1cc(CCNCC(F)F)ccc1Cl)C1CC1. The van der Waals surface area contributed by atoms with E-state index in [1.165, 1.54) is 0 Å². The quantitative estimate of drug-likeness (QED) is 0.499. The number of piperidine rings is 1. The average molecular weight is 477 g/mol. The van der Waals surface area contributed by atoms with Gasteiger partial charge in [0.25, 0.3) is 12.3 Å². The van der Waals surface area contributed by atoms with Gasteiger partial charge >= 0.3 is 0 Å². The predicted octanol–water partition coefficient (Wildman–Crippen LogP) is 4.40. The number of nitrogens with one attached hydrogen (secondary N) is 2. The molecule has 1 aliphatic heterocycles. The first kappa shape index (κ1) is 24.0. The number of amides is 1. The Morgan fingerprint density at radius 2 is 2.12 bits per heavy atom. The van der Waals surface area contributed by atoms with Crippen LogP contribution in [0, 0.1) is 0 Å². The lowest BCUT2D eigenvalue weighted by atomic mass is 9.89. The summed E-state index contributed by atoms with van der Waals surface area (Å²) in [5.74, 6) is 0.320. The molecule has 178 valence electrons. The number of nitrogens with zero attached hydrogens (tertiary/aromatic N) is 2. The van der Waals surface area contributed by atoms with Crippen LogP contribution in [0.25, 0.3) is 0 Å². The van der Waals surface area contributed by atoms with Gasteiger partial charge in [0.05, 0.1) is 12.1 Å². The van der Waals surface area contributed by atoms with Crippen LogP contribution in [-0.4, -0.2) is 54.4 Å². The van der Waals surface area contributed by atoms with Crippen molar-refractivity contribution in [2.75, 3.05) is 26.2 Å². The second-order valence-corrected chi connectivity index (χ2v) is 9.35. The van der Waals surface area contributed by atoms with Crippen LogP contribution in [0.5, 0.6) is 0 Å². The van der Waals surface area contributed by atoms with E-state index in [4.69, 9.17) is 11.6 Å². The van der Waals surface area contributed by atoms with E-state index in [9.17, 15) is 13.6 Å². The van der Waals surface area contributed by atoms with Gasteiger partial charge in [0.15, 0.2) is 0 Å². The molecule has 1 aliphatic carbocycles. The van der Waals surface area contributed by atoms with E-state index in [0.717, 1.165) is 55.5 Å². The summed E-state index contributed by atoms with van der Waals surface area (Å²) in [5, 5.41) is 6.80. The molecule has 2 fully saturated rings. The Morgan fingerprint density at radius 1 is 1.27 bits per heavy atom. The zero-order chi connectivity index (χ0) is 23.2. The molecule has 33 heavy (non-hydrogen) atoms. The fraction of sp³-hybridized carbons (Fsp3) is 0.520. The molecule has 1 unspecified atom stereocenters. The Kier molecular flexibility index (Phi) is 8.28. The Hall–Kier alpha value is -2.09. The molecule has 1 saturated carbocycles. The van der Waals surface area contributed by atoms with Gasteiger partial charge in [-0.15, -0.1) is 0 Å². The smallest absolute Gasteiger partial charge is 0.256 e. The summed E-state index contributed by atoms with van der Waals surface area (Å²) >= 11 is 6.50. The number of carbonyl (C=O) groups excluding carboxylic acids is 1. The number of hydrogen-bond acceptors (Lipinski definition) is 4. The highest BCUT2D eigenvalue weighted by atomic mass is 35.5. The fourth-order valence-electron chi connectivity index (χ4n) is 4.50. The average Bonchev–Trinajstić information content (AvgIpc) is 3.67. The van der Waals surface area contributed by atoms with Crippen LogP contribution in [0.15, 0.2) is 36.7 Å². The zero-order valence-electron chi connectivity index (χ0n) is 18.7. The van der Waals surface area contributed by atoms with Gasteiger partial charge in [-0.2, -0.15) is 0 Å². The van der Waals surface area contributed by atoms with Crippen molar-refractivity contribution in [1.82, 2.24) is 20.5 Å². The van der Waals surface area contributed by atoms with Gasteiger partial charge in [-0.05, 0) is 79.9 Å². The summed E-state index contributed by atoms with van der Waals surface area (Å²) in [6.45, 7) is 2.48. The molecule has 0 bridgehead atoms. The van der Waals surface area contributed by atoms with Gasteiger partial charge in [0.2, 0.25) is 0 Å². The van der Waals surface area contributed by atoms with Gasteiger partial charge < -0.3 is 15.5 Å². The number of benzene rings is 1. The lowest BCUT2D eigenvalue weighted by molar-refractivity contribution is 0.0727. The summed E-state index contributed by atoms with van der Waals surface area (Å²) in [6.07, 6.45) is 5.87. The molecular formula is C25H31ClF2N4O. The zero-order valence-corrected chi connectivity index (χ0v) is 19.5. The maximum atomic E-state index is 13.7. The highest BCUT2D eigenvalue weighted by Crippen LogP contribution is 2.33. The van der Waals surface area contributed by atoms with Crippen molar-refractivity contribution < 1.29 is 13.6 Å². The number of alkyl halides is 2. The van der Waals surface area contributed by atoms with Gasteiger partial charge in [-0.3, -0.25) is 9.78 Å². The number of pyridine rings is 1. The van der Waals surface area contributed by atoms with Crippen molar-refractivity contribution in [1.29, 1.82) is 0 Å². The van der Waals surface area contributed by atoms with Crippen LogP contribution in [-0.2, 0) is 13.0 Å². The summed E-state index contributed by atoms with van der Waals surface area (Å²) < 4.78 is 24.7. The Bertz CT molecular complexity index is 948. The molecule has 2 heterocycles. The van der Waals surface area contributed by atoms with Gasteiger partial charge in [-0.25, -0.2) is 8.78 Å². The largest absolute Gasteiger partial charge is 0.331 e. The maximum Gasteiger partial charge on any atom is 0.256 e. The van der Waals surface area contributed by atoms with E-state index in [1.54, 1.807) is 12.4 Å². The van der Waals surface area contributed by atoms with Crippen LogP contribution >= 0.6 is 11.6 Å². The topological polar surface area (TPSA) is 57.3 Å². The van der Waals surface area contributed by atoms with Gasteiger partial charge in [-0.1, -0.05) is 23.7 Å². The molecule has 2 aliphatic rings. The monoisotopic (exact) mass is 476 g/mol. The summed E-state index contributed by atoms with van der Waals surface area (Å²) in [6, 6.07) is 7.93. The predicted molar refractivity (Wildman–Crippen MR) is 126 cm³/mol. The molecule has 8 heteroatoms. The van der Waals surface area contributed by atoms with Crippen LogP contribution in [0.2, 0.25) is 5.02 Å². The lowest BCUT2D eigenvalue weighted by Crippen LogP contribution is -2.35. The second-order valence-electron chi connectivity index (χ2n) is 8.94. The van der Waals surface area contributed by atoms with Crippen LogP contribution in [0.1, 0.15) is 58.6 Å². The third kappa shape index (κ3) is 6.49. The first-order valence-corrected chi connectivity index (χ1v) is 12.1. The molecule has 1 atom stereocenters. The van der Waals surface area contributed by atoms with E-state index >= 15 is 0 Å². The normalized spacial score (nSPS) is 18.5. The molecule has 0 radical (unpaired) electrons. The highest BCUT2D eigenvalue weighted by molar-refractivity contribution is 6.31. The van der Waals surface area contributed by atoms with Crippen molar-refractivity contribution in [3.05, 3.63) is 63.9 Å². The maximum absolute atomic E-state index is 13.7. The first-order chi connectivity index (χ1) is 16.0. The van der Waals surface area contributed by atoms with Crippen LogP contribution in [0.3, 0.4) is 0 Å². The number of halogens is 3. The van der Waals surface area contributed by atoms with Crippen LogP contribution < -0.4 is 10.6 Å². The lowest BCUT2D eigenvalue weighted by Gasteiger charge is -2.28. The molecule has 2 N–H and O–H groups in total. The Balaban J connectivity index is 1.50. The van der Waals surface area contributed by atoms with Crippen molar-refractivity contribution in [2.45, 2.75) is 57.0 Å². The molecule has 1 saturated heterocycles. The minimum absolute atomic E-state index is 0.00578. The molecule has 2 aromatic rings. The standard InChI is InChI=1S/C25H31ClF2N4O/c26-23-6-3-17(7-10-31-15-24(27)28)12-19(23)16-32(20-4-5-20)25(33)22-14-30-11-8-21(22)18-2-1-9-29-13-18/h3,6,8,11-12,14,18,20,24,29,31H,1-2,4-5,7,9-10,13,15-16H2. The van der Waals surface area contributed by atoms with E-state index in [-0.39, 0.29) is 18.5 Å². The molecule has 0 spiro atoms. The Labute approximate surface area is 198 Å². The molecule has 5 nitrogen and oxygen atoms in total. The van der Waals surface area contributed by atoms with Gasteiger partial charge in [0.1, 0.15) is 0 Å². The fourth-order valence-corrected chi connectivity index (χ4v) is 4.67. The number of hydrogen-bond donors (Lipinski definition) is 2. The minimum atomic E-state index is -2.36. The van der Waals surface area contributed by atoms with E-state index in [2.05, 4.69) is 15.6 Å². The third-order valence-electron chi connectivity index (χ3n) is 6.41. The second kappa shape index (κ2) is 11.4. The number of rotatable bonds is 10. The van der Waals surface area contributed by atoms with Crippen LogP contribution in [0.4, 0.5) is 8.78 Å². The van der Waals surface area contributed by atoms with Crippen molar-refractivity contribution >= 4 is 17.5 Å². The molecule has 4 rings (SSSR count). The van der Waals surface area contributed by atoms with Gasteiger partial charge in [0, 0.05) is 36.5 Å². The number of aromatic nitrogens is 1. The minimum Gasteiger partial charge on any atom is -0.331 e. The van der Waals surface area contributed by atoms with Crippen molar-refractivity contribution in [3.63, 3.8) is 0 Å². The molecule has 1 aromatic heterocycles. The highest BCUT2D eigenvalue weighted by Gasteiger charge is 2.35. The third-order valence-corrected chi connectivity index (χ3v) is 6.78. The van der Waals surface area contributed by atoms with E-state index in [0.29, 0.717) is 36.0 Å². The molecule has 1 amide bonds.